The Hall–Kier alpha value is -2.69. The molecule has 0 N–H and O–H groups in total. The summed E-state index contributed by atoms with van der Waals surface area (Å²) in [5, 5.41) is 3.47. The molecule has 0 amide bonds. The number of pyridine rings is 1. The normalized spacial score (nSPS) is 15.1. The Kier molecular flexibility index (Phi) is 4.52. The van der Waals surface area contributed by atoms with Crippen molar-refractivity contribution in [3.05, 3.63) is 36.2 Å². The van der Waals surface area contributed by atoms with Crippen molar-refractivity contribution in [2.45, 2.75) is 36.9 Å². The second-order valence-electron chi connectivity index (χ2n) is 6.90. The first-order valence-electron chi connectivity index (χ1n) is 9.01. The second kappa shape index (κ2) is 6.68. The highest BCUT2D eigenvalue weighted by atomic mass is 32.2. The molecule has 7 nitrogen and oxygen atoms in total. The summed E-state index contributed by atoms with van der Waals surface area (Å²) in [6, 6.07) is 5.71. The average molecular weight is 425 g/mol. The molecule has 3 heterocycles. The standard InChI is InChI=1S/C18H18F3N5O2S/c1-3-29(27,28)13-6-7-15(25(2)11-4-5-11)23-17(13)12-8-9-26-16(22-12)10-14(24-26)18(19,20)21/h6-11H,3-5H2,1-2H3. The molecule has 0 aliphatic heterocycles. The van der Waals surface area contributed by atoms with Gasteiger partial charge >= 0.3 is 6.18 Å². The van der Waals surface area contributed by atoms with Gasteiger partial charge in [-0.3, -0.25) is 0 Å². The van der Waals surface area contributed by atoms with Crippen molar-refractivity contribution in [1.29, 1.82) is 0 Å². The molecule has 1 aliphatic carbocycles. The lowest BCUT2D eigenvalue weighted by Crippen LogP contribution is -2.21. The second-order valence-corrected chi connectivity index (χ2v) is 9.15. The zero-order valence-corrected chi connectivity index (χ0v) is 16.5. The van der Waals surface area contributed by atoms with Crippen LogP contribution in [0.4, 0.5) is 19.0 Å². The highest BCUT2D eigenvalue weighted by Gasteiger charge is 2.34. The molecule has 3 aromatic heterocycles. The lowest BCUT2D eigenvalue weighted by molar-refractivity contribution is -0.141. The largest absolute Gasteiger partial charge is 0.435 e. The third-order valence-corrected chi connectivity index (χ3v) is 6.63. The predicted molar refractivity (Wildman–Crippen MR) is 100 cm³/mol. The van der Waals surface area contributed by atoms with Crippen LogP contribution in [-0.4, -0.2) is 46.8 Å². The number of hydrogen-bond acceptors (Lipinski definition) is 6. The van der Waals surface area contributed by atoms with E-state index in [1.54, 1.807) is 6.07 Å². The molecule has 0 atom stereocenters. The summed E-state index contributed by atoms with van der Waals surface area (Å²) < 4.78 is 65.0. The van der Waals surface area contributed by atoms with Crippen molar-refractivity contribution in [1.82, 2.24) is 19.6 Å². The van der Waals surface area contributed by atoms with Gasteiger partial charge in [0.2, 0.25) is 0 Å². The van der Waals surface area contributed by atoms with E-state index in [2.05, 4.69) is 15.1 Å². The van der Waals surface area contributed by atoms with Gasteiger partial charge in [0.05, 0.1) is 16.3 Å². The molecule has 3 aromatic rings. The quantitative estimate of drug-likeness (QED) is 0.625. The first-order valence-corrected chi connectivity index (χ1v) is 10.7. The summed E-state index contributed by atoms with van der Waals surface area (Å²) >= 11 is 0. The summed E-state index contributed by atoms with van der Waals surface area (Å²) in [4.78, 5) is 10.7. The van der Waals surface area contributed by atoms with Gasteiger partial charge in [-0.25, -0.2) is 22.9 Å². The van der Waals surface area contributed by atoms with Crippen LogP contribution in [0.25, 0.3) is 17.0 Å². The van der Waals surface area contributed by atoms with Crippen LogP contribution in [0, 0.1) is 0 Å². The maximum atomic E-state index is 12.9. The van der Waals surface area contributed by atoms with Gasteiger partial charge in [-0.2, -0.15) is 18.3 Å². The first kappa shape index (κ1) is 19.6. The molecule has 0 bridgehead atoms. The highest BCUT2D eigenvalue weighted by Crippen LogP contribution is 2.33. The van der Waals surface area contributed by atoms with Gasteiger partial charge in [-0.1, -0.05) is 6.92 Å². The summed E-state index contributed by atoms with van der Waals surface area (Å²) in [7, 11) is -1.74. The summed E-state index contributed by atoms with van der Waals surface area (Å²) in [6.45, 7) is 1.52. The fourth-order valence-corrected chi connectivity index (χ4v) is 4.05. The van der Waals surface area contributed by atoms with Crippen LogP contribution in [0.2, 0.25) is 0 Å². The average Bonchev–Trinajstić information content (AvgIpc) is 3.43. The highest BCUT2D eigenvalue weighted by molar-refractivity contribution is 7.91. The minimum atomic E-state index is -4.60. The van der Waals surface area contributed by atoms with Gasteiger partial charge in [0.25, 0.3) is 0 Å². The van der Waals surface area contributed by atoms with Gasteiger partial charge in [0, 0.05) is 25.4 Å². The molecule has 4 rings (SSSR count). The van der Waals surface area contributed by atoms with Crippen LogP contribution in [-0.2, 0) is 16.0 Å². The van der Waals surface area contributed by atoms with E-state index in [4.69, 9.17) is 0 Å². The topological polar surface area (TPSA) is 80.5 Å². The molecule has 0 aromatic carbocycles. The molecule has 0 unspecified atom stereocenters. The number of anilines is 1. The number of halogens is 3. The Bertz CT molecular complexity index is 1190. The summed E-state index contributed by atoms with van der Waals surface area (Å²) in [5.74, 6) is 0.454. The van der Waals surface area contributed by atoms with E-state index < -0.39 is 21.7 Å². The number of alkyl halides is 3. The van der Waals surface area contributed by atoms with Crippen LogP contribution in [0.5, 0.6) is 0 Å². The fourth-order valence-electron chi connectivity index (χ4n) is 3.02. The van der Waals surface area contributed by atoms with Crippen molar-refractivity contribution in [2.75, 3.05) is 17.7 Å². The number of sulfone groups is 1. The molecule has 11 heteroatoms. The van der Waals surface area contributed by atoms with E-state index >= 15 is 0 Å². The molecule has 0 radical (unpaired) electrons. The van der Waals surface area contributed by atoms with Crippen LogP contribution < -0.4 is 4.90 Å². The molecular formula is C18H18F3N5O2S. The minimum absolute atomic E-state index is 0.000331. The van der Waals surface area contributed by atoms with E-state index in [0.29, 0.717) is 11.9 Å². The number of fused-ring (bicyclic) bond motifs is 1. The lowest BCUT2D eigenvalue weighted by atomic mass is 10.2. The SMILES string of the molecule is CCS(=O)(=O)c1ccc(N(C)C2CC2)nc1-c1ccn2nc(C(F)(F)F)cc2n1. The number of aromatic nitrogens is 4. The molecule has 29 heavy (non-hydrogen) atoms. The maximum Gasteiger partial charge on any atom is 0.435 e. The van der Waals surface area contributed by atoms with E-state index in [1.807, 2.05) is 11.9 Å². The van der Waals surface area contributed by atoms with Crippen molar-refractivity contribution < 1.29 is 21.6 Å². The Labute approximate surface area is 165 Å². The van der Waals surface area contributed by atoms with Crippen LogP contribution >= 0.6 is 0 Å². The van der Waals surface area contributed by atoms with E-state index in [0.717, 1.165) is 23.4 Å². The van der Waals surface area contributed by atoms with Gasteiger partial charge in [-0.15, -0.1) is 0 Å². The zero-order chi connectivity index (χ0) is 21.0. The van der Waals surface area contributed by atoms with Gasteiger partial charge in [0.15, 0.2) is 21.2 Å². The van der Waals surface area contributed by atoms with E-state index in [1.165, 1.54) is 25.3 Å². The molecular weight excluding hydrogens is 407 g/mol. The molecule has 1 saturated carbocycles. The molecule has 154 valence electrons. The molecule has 1 fully saturated rings. The van der Waals surface area contributed by atoms with Crippen molar-refractivity contribution >= 4 is 21.3 Å². The predicted octanol–water partition coefficient (Wildman–Crippen LogP) is 3.20. The van der Waals surface area contributed by atoms with Crippen molar-refractivity contribution in [3.8, 4) is 11.4 Å². The Balaban J connectivity index is 1.88. The smallest absolute Gasteiger partial charge is 0.357 e. The van der Waals surface area contributed by atoms with Crippen LogP contribution in [0.15, 0.2) is 35.4 Å². The Morgan fingerprint density at radius 2 is 1.93 bits per heavy atom. The first-order chi connectivity index (χ1) is 13.6. The van der Waals surface area contributed by atoms with Crippen molar-refractivity contribution in [2.24, 2.45) is 0 Å². The molecule has 0 saturated heterocycles. The monoisotopic (exact) mass is 425 g/mol. The third kappa shape index (κ3) is 3.66. The summed E-state index contributed by atoms with van der Waals surface area (Å²) in [6.07, 6.45) is -1.23. The van der Waals surface area contributed by atoms with E-state index in [-0.39, 0.29) is 27.7 Å². The Morgan fingerprint density at radius 3 is 2.55 bits per heavy atom. The summed E-state index contributed by atoms with van der Waals surface area (Å²) in [5.41, 5.74) is -0.825. The van der Waals surface area contributed by atoms with Gasteiger partial charge < -0.3 is 4.90 Å². The lowest BCUT2D eigenvalue weighted by Gasteiger charge is -2.19. The third-order valence-electron chi connectivity index (χ3n) is 4.87. The number of hydrogen-bond donors (Lipinski definition) is 0. The van der Waals surface area contributed by atoms with Gasteiger partial charge in [-0.05, 0) is 31.0 Å². The van der Waals surface area contributed by atoms with E-state index in [9.17, 15) is 21.6 Å². The van der Waals surface area contributed by atoms with Crippen LogP contribution in [0.1, 0.15) is 25.5 Å². The minimum Gasteiger partial charge on any atom is -0.357 e. The van der Waals surface area contributed by atoms with Crippen LogP contribution in [0.3, 0.4) is 0 Å². The molecule has 1 aliphatic rings. The van der Waals surface area contributed by atoms with Crippen molar-refractivity contribution in [3.63, 3.8) is 0 Å². The van der Waals surface area contributed by atoms with Gasteiger partial charge in [0.1, 0.15) is 11.5 Å². The number of nitrogens with zero attached hydrogens (tertiary/aromatic N) is 5. The fraction of sp³-hybridized carbons (Fsp3) is 0.389. The zero-order valence-electron chi connectivity index (χ0n) is 15.7. The Morgan fingerprint density at radius 1 is 1.21 bits per heavy atom. The molecule has 0 spiro atoms. The maximum absolute atomic E-state index is 12.9. The number of rotatable bonds is 5.